The highest BCUT2D eigenvalue weighted by Crippen LogP contribution is 2.30. The SMILES string of the molecule is CCC(CC)C(C=O)N(Cc1ccc(C=O)cc1)C(=O)C(NC)C1Cc2ccccc2C1. The van der Waals surface area contributed by atoms with Gasteiger partial charge >= 0.3 is 0 Å². The van der Waals surface area contributed by atoms with Gasteiger partial charge in [0.05, 0.1) is 12.1 Å². The van der Waals surface area contributed by atoms with E-state index in [4.69, 9.17) is 0 Å². The maximum absolute atomic E-state index is 13.9. The molecular formula is C27H34N2O3. The molecule has 0 saturated carbocycles. The van der Waals surface area contributed by atoms with Crippen LogP contribution in [-0.4, -0.2) is 42.5 Å². The van der Waals surface area contributed by atoms with Crippen molar-refractivity contribution < 1.29 is 14.4 Å². The van der Waals surface area contributed by atoms with Gasteiger partial charge in [0.1, 0.15) is 12.6 Å². The molecule has 3 rings (SSSR count). The summed E-state index contributed by atoms with van der Waals surface area (Å²) in [6, 6.07) is 14.7. The van der Waals surface area contributed by atoms with Crippen molar-refractivity contribution in [2.75, 3.05) is 7.05 Å². The van der Waals surface area contributed by atoms with Gasteiger partial charge in [-0.2, -0.15) is 0 Å². The molecule has 5 heteroatoms. The largest absolute Gasteiger partial charge is 0.327 e. The van der Waals surface area contributed by atoms with E-state index in [1.807, 2.05) is 31.3 Å². The molecule has 0 bridgehead atoms. The zero-order chi connectivity index (χ0) is 23.1. The minimum Gasteiger partial charge on any atom is -0.327 e. The summed E-state index contributed by atoms with van der Waals surface area (Å²) in [5, 5.41) is 3.26. The lowest BCUT2D eigenvalue weighted by molar-refractivity contribution is -0.142. The Bertz CT molecular complexity index is 896. The van der Waals surface area contributed by atoms with Gasteiger partial charge < -0.3 is 15.0 Å². The molecule has 1 amide bonds. The van der Waals surface area contributed by atoms with E-state index in [-0.39, 0.29) is 23.8 Å². The number of carbonyl (C=O) groups is 3. The standard InChI is InChI=1S/C27H34N2O3/c1-4-21(5-2)25(18-31)29(16-19-10-12-20(17-30)13-11-19)27(32)26(28-3)24-14-22-8-6-7-9-23(22)15-24/h6-13,17-18,21,24-26,28H,4-5,14-16H2,1-3H3. The number of fused-ring (bicyclic) bond motifs is 1. The Hall–Kier alpha value is -2.79. The van der Waals surface area contributed by atoms with Crippen LogP contribution in [0.2, 0.25) is 0 Å². The average Bonchev–Trinajstić information content (AvgIpc) is 3.25. The van der Waals surface area contributed by atoms with Crippen LogP contribution in [0.25, 0.3) is 0 Å². The fourth-order valence-corrected chi connectivity index (χ4v) is 5.01. The van der Waals surface area contributed by atoms with Crippen LogP contribution in [0.15, 0.2) is 48.5 Å². The summed E-state index contributed by atoms with van der Waals surface area (Å²) < 4.78 is 0. The fraction of sp³-hybridized carbons (Fsp3) is 0.444. The van der Waals surface area contributed by atoms with E-state index in [1.165, 1.54) is 11.1 Å². The molecule has 0 saturated heterocycles. The Morgan fingerprint density at radius 1 is 1.03 bits per heavy atom. The van der Waals surface area contributed by atoms with Crippen LogP contribution < -0.4 is 5.32 Å². The van der Waals surface area contributed by atoms with Gasteiger partial charge in [-0.05, 0) is 48.4 Å². The Kier molecular flexibility index (Phi) is 8.34. The van der Waals surface area contributed by atoms with Crippen molar-refractivity contribution in [1.29, 1.82) is 0 Å². The van der Waals surface area contributed by atoms with Crippen molar-refractivity contribution in [3.8, 4) is 0 Å². The van der Waals surface area contributed by atoms with Crippen molar-refractivity contribution in [2.24, 2.45) is 11.8 Å². The van der Waals surface area contributed by atoms with Crippen LogP contribution in [0.3, 0.4) is 0 Å². The molecule has 2 aromatic carbocycles. The lowest BCUT2D eigenvalue weighted by Crippen LogP contribution is -2.54. The molecule has 5 nitrogen and oxygen atoms in total. The van der Waals surface area contributed by atoms with Gasteiger partial charge in [-0.3, -0.25) is 9.59 Å². The minimum atomic E-state index is -0.483. The predicted octanol–water partition coefficient (Wildman–Crippen LogP) is 3.83. The van der Waals surface area contributed by atoms with Gasteiger partial charge in [0.15, 0.2) is 0 Å². The second-order valence-electron chi connectivity index (χ2n) is 8.73. The van der Waals surface area contributed by atoms with E-state index in [1.54, 1.807) is 17.0 Å². The summed E-state index contributed by atoms with van der Waals surface area (Å²) >= 11 is 0. The highest BCUT2D eigenvalue weighted by Gasteiger charge is 2.38. The molecule has 32 heavy (non-hydrogen) atoms. The summed E-state index contributed by atoms with van der Waals surface area (Å²) in [5.74, 6) is 0.219. The second-order valence-corrected chi connectivity index (χ2v) is 8.73. The Balaban J connectivity index is 1.90. The zero-order valence-corrected chi connectivity index (χ0v) is 19.3. The summed E-state index contributed by atoms with van der Waals surface area (Å²) in [6.07, 6.45) is 5.10. The monoisotopic (exact) mass is 434 g/mol. The Morgan fingerprint density at radius 2 is 1.62 bits per heavy atom. The van der Waals surface area contributed by atoms with Crippen LogP contribution in [0.1, 0.15) is 53.7 Å². The number of amides is 1. The molecule has 0 heterocycles. The summed E-state index contributed by atoms with van der Waals surface area (Å²) in [7, 11) is 1.83. The number of nitrogens with one attached hydrogen (secondary N) is 1. The molecular weight excluding hydrogens is 400 g/mol. The summed E-state index contributed by atoms with van der Waals surface area (Å²) in [4.78, 5) is 39.0. The third-order valence-electron chi connectivity index (χ3n) is 6.91. The molecule has 170 valence electrons. The normalized spacial score (nSPS) is 15.2. The number of hydrogen-bond donors (Lipinski definition) is 1. The first kappa shape index (κ1) is 23.9. The first-order valence-corrected chi connectivity index (χ1v) is 11.6. The molecule has 0 radical (unpaired) electrons. The molecule has 2 unspecified atom stereocenters. The van der Waals surface area contributed by atoms with Gasteiger partial charge in [0.25, 0.3) is 0 Å². The number of carbonyl (C=O) groups excluding carboxylic acids is 3. The smallest absolute Gasteiger partial charge is 0.240 e. The number of aldehydes is 2. The number of likely N-dealkylation sites (N-methyl/N-ethyl adjacent to an activating group) is 1. The minimum absolute atomic E-state index is 0.0335. The molecule has 1 aliphatic rings. The topological polar surface area (TPSA) is 66.5 Å². The number of rotatable bonds is 11. The molecule has 2 atom stereocenters. The number of hydrogen-bond acceptors (Lipinski definition) is 4. The van der Waals surface area contributed by atoms with Gasteiger partial charge in [-0.1, -0.05) is 75.2 Å². The van der Waals surface area contributed by atoms with Crippen LogP contribution in [0, 0.1) is 11.8 Å². The van der Waals surface area contributed by atoms with E-state index in [9.17, 15) is 14.4 Å². The highest BCUT2D eigenvalue weighted by atomic mass is 16.2. The van der Waals surface area contributed by atoms with E-state index in [0.29, 0.717) is 12.1 Å². The lowest BCUT2D eigenvalue weighted by Gasteiger charge is -2.37. The molecule has 0 aromatic heterocycles. The van der Waals surface area contributed by atoms with E-state index < -0.39 is 6.04 Å². The third kappa shape index (κ3) is 5.16. The van der Waals surface area contributed by atoms with E-state index in [0.717, 1.165) is 43.8 Å². The van der Waals surface area contributed by atoms with Crippen LogP contribution in [-0.2, 0) is 29.0 Å². The molecule has 0 spiro atoms. The second kappa shape index (κ2) is 11.2. The molecule has 0 aliphatic heterocycles. The predicted molar refractivity (Wildman–Crippen MR) is 126 cm³/mol. The van der Waals surface area contributed by atoms with Gasteiger partial charge in [-0.25, -0.2) is 0 Å². The van der Waals surface area contributed by atoms with Crippen molar-refractivity contribution in [1.82, 2.24) is 10.2 Å². The van der Waals surface area contributed by atoms with Crippen molar-refractivity contribution in [3.05, 3.63) is 70.8 Å². The molecule has 0 fully saturated rings. The molecule has 1 aliphatic carbocycles. The highest BCUT2D eigenvalue weighted by molar-refractivity contribution is 5.85. The summed E-state index contributed by atoms with van der Waals surface area (Å²) in [6.45, 7) is 4.47. The quantitative estimate of drug-likeness (QED) is 0.546. The van der Waals surface area contributed by atoms with E-state index in [2.05, 4.69) is 31.3 Å². The fourth-order valence-electron chi connectivity index (χ4n) is 5.01. The van der Waals surface area contributed by atoms with Gasteiger partial charge in [0, 0.05) is 12.1 Å². The Labute approximate surface area is 191 Å². The molecule has 2 aromatic rings. The van der Waals surface area contributed by atoms with Crippen LogP contribution >= 0.6 is 0 Å². The van der Waals surface area contributed by atoms with Crippen molar-refractivity contribution >= 4 is 18.5 Å². The first-order chi connectivity index (χ1) is 15.6. The maximum atomic E-state index is 13.9. The molecule has 1 N–H and O–H groups in total. The third-order valence-corrected chi connectivity index (χ3v) is 6.91. The van der Waals surface area contributed by atoms with Crippen LogP contribution in [0.5, 0.6) is 0 Å². The Morgan fingerprint density at radius 3 is 2.09 bits per heavy atom. The van der Waals surface area contributed by atoms with Gasteiger partial charge in [-0.15, -0.1) is 0 Å². The zero-order valence-electron chi connectivity index (χ0n) is 19.3. The number of benzene rings is 2. The van der Waals surface area contributed by atoms with Gasteiger partial charge in [0.2, 0.25) is 5.91 Å². The lowest BCUT2D eigenvalue weighted by atomic mass is 9.90. The van der Waals surface area contributed by atoms with Crippen molar-refractivity contribution in [3.63, 3.8) is 0 Å². The number of nitrogens with zero attached hydrogens (tertiary/aromatic N) is 1. The average molecular weight is 435 g/mol. The first-order valence-electron chi connectivity index (χ1n) is 11.6. The summed E-state index contributed by atoms with van der Waals surface area (Å²) in [5.41, 5.74) is 4.10. The van der Waals surface area contributed by atoms with Crippen molar-refractivity contribution in [2.45, 2.75) is 58.2 Å². The van der Waals surface area contributed by atoms with E-state index >= 15 is 0 Å². The maximum Gasteiger partial charge on any atom is 0.240 e. The van der Waals surface area contributed by atoms with Crippen LogP contribution in [0.4, 0.5) is 0 Å².